The number of rotatable bonds is 4. The van der Waals surface area contributed by atoms with Crippen molar-refractivity contribution in [2.75, 3.05) is 11.1 Å². The molecule has 0 bridgehead atoms. The zero-order valence-corrected chi connectivity index (χ0v) is 12.7. The van der Waals surface area contributed by atoms with Crippen LogP contribution in [0.2, 0.25) is 0 Å². The van der Waals surface area contributed by atoms with Crippen molar-refractivity contribution in [2.24, 2.45) is 10.8 Å². The van der Waals surface area contributed by atoms with Gasteiger partial charge in [-0.3, -0.25) is 0 Å². The Morgan fingerprint density at radius 1 is 1.21 bits per heavy atom. The Morgan fingerprint density at radius 3 is 2.26 bits per heavy atom. The van der Waals surface area contributed by atoms with E-state index < -0.39 is 0 Å². The highest BCUT2D eigenvalue weighted by atomic mass is 16.5. The van der Waals surface area contributed by atoms with Gasteiger partial charge in [-0.1, -0.05) is 27.7 Å². The molecule has 106 valence electrons. The van der Waals surface area contributed by atoms with Crippen molar-refractivity contribution in [3.63, 3.8) is 0 Å². The van der Waals surface area contributed by atoms with E-state index in [0.717, 1.165) is 5.82 Å². The summed E-state index contributed by atoms with van der Waals surface area (Å²) in [5, 5.41) is 3.49. The molecule has 0 aromatic carbocycles. The molecule has 1 saturated carbocycles. The van der Waals surface area contributed by atoms with Gasteiger partial charge in [0.25, 0.3) is 0 Å². The van der Waals surface area contributed by atoms with Gasteiger partial charge >= 0.3 is 0 Å². The van der Waals surface area contributed by atoms with Gasteiger partial charge in [0.2, 0.25) is 5.88 Å². The minimum Gasteiger partial charge on any atom is -0.473 e. The molecule has 2 rings (SSSR count). The summed E-state index contributed by atoms with van der Waals surface area (Å²) in [5.74, 6) is 1.34. The Labute approximate surface area is 115 Å². The fourth-order valence-corrected chi connectivity index (χ4v) is 2.55. The fraction of sp³-hybridized carbons (Fsp3) is 0.667. The second-order valence-electron chi connectivity index (χ2n) is 6.78. The van der Waals surface area contributed by atoms with Crippen molar-refractivity contribution < 1.29 is 4.74 Å². The van der Waals surface area contributed by atoms with Crippen LogP contribution in [-0.2, 0) is 0 Å². The quantitative estimate of drug-likeness (QED) is 0.875. The summed E-state index contributed by atoms with van der Waals surface area (Å²) >= 11 is 0. The molecule has 1 aromatic rings. The summed E-state index contributed by atoms with van der Waals surface area (Å²) in [6, 6.07) is 4.17. The van der Waals surface area contributed by atoms with Gasteiger partial charge in [0.05, 0.1) is 11.8 Å². The Balaban J connectivity index is 2.15. The lowest BCUT2D eigenvalue weighted by Crippen LogP contribution is -2.13. The Hall–Kier alpha value is -1.45. The molecule has 0 spiro atoms. The highest BCUT2D eigenvalue weighted by molar-refractivity contribution is 5.55. The fourth-order valence-electron chi connectivity index (χ4n) is 2.55. The van der Waals surface area contributed by atoms with Gasteiger partial charge in [-0.05, 0) is 36.8 Å². The van der Waals surface area contributed by atoms with E-state index in [-0.39, 0.29) is 16.9 Å². The highest BCUT2D eigenvalue weighted by Crippen LogP contribution is 2.63. The number of hydrogen-bond donors (Lipinski definition) is 2. The zero-order valence-electron chi connectivity index (χ0n) is 12.7. The highest BCUT2D eigenvalue weighted by Gasteiger charge is 2.65. The van der Waals surface area contributed by atoms with Crippen LogP contribution < -0.4 is 15.8 Å². The smallest absolute Gasteiger partial charge is 0.239 e. The van der Waals surface area contributed by atoms with Crippen molar-refractivity contribution in [1.29, 1.82) is 0 Å². The average Bonchev–Trinajstić information content (AvgIpc) is 2.65. The number of aromatic nitrogens is 1. The molecule has 1 aliphatic rings. The summed E-state index contributed by atoms with van der Waals surface area (Å²) in [5.41, 5.74) is 7.00. The van der Waals surface area contributed by atoms with Gasteiger partial charge < -0.3 is 15.8 Å². The van der Waals surface area contributed by atoms with Crippen molar-refractivity contribution >= 4 is 11.5 Å². The van der Waals surface area contributed by atoms with Gasteiger partial charge in [0, 0.05) is 6.04 Å². The van der Waals surface area contributed by atoms with E-state index in [9.17, 15) is 0 Å². The van der Waals surface area contributed by atoms with Crippen molar-refractivity contribution in [3.8, 4) is 5.88 Å². The van der Waals surface area contributed by atoms with E-state index in [1.54, 1.807) is 0 Å². The number of nitrogen functional groups attached to an aromatic ring is 1. The number of anilines is 2. The molecule has 1 fully saturated rings. The molecular formula is C15H25N3O. The van der Waals surface area contributed by atoms with Crippen LogP contribution in [0.3, 0.4) is 0 Å². The van der Waals surface area contributed by atoms with Gasteiger partial charge in [-0.15, -0.1) is 0 Å². The maximum atomic E-state index is 5.88. The predicted octanol–water partition coefficient (Wildman–Crippen LogP) is 3.30. The van der Waals surface area contributed by atoms with Crippen molar-refractivity contribution in [3.05, 3.63) is 12.1 Å². The molecule has 4 heteroatoms. The van der Waals surface area contributed by atoms with E-state index >= 15 is 0 Å². The third-order valence-corrected chi connectivity index (χ3v) is 4.55. The van der Waals surface area contributed by atoms with E-state index in [4.69, 9.17) is 10.5 Å². The molecule has 0 unspecified atom stereocenters. The normalized spacial score (nSPS) is 20.4. The summed E-state index contributed by atoms with van der Waals surface area (Å²) < 4.78 is 5.62. The first-order valence-corrected chi connectivity index (χ1v) is 6.86. The minimum atomic E-state index is 0.0684. The van der Waals surface area contributed by atoms with E-state index in [0.29, 0.717) is 17.6 Å². The lowest BCUT2D eigenvalue weighted by molar-refractivity contribution is 0.234. The molecule has 4 nitrogen and oxygen atoms in total. The minimum absolute atomic E-state index is 0.0684. The molecule has 0 radical (unpaired) electrons. The second kappa shape index (κ2) is 4.29. The molecule has 3 N–H and O–H groups in total. The largest absolute Gasteiger partial charge is 0.473 e. The Morgan fingerprint density at radius 2 is 1.79 bits per heavy atom. The van der Waals surface area contributed by atoms with E-state index in [2.05, 4.69) is 38.0 Å². The molecule has 1 aromatic heterocycles. The first-order valence-electron chi connectivity index (χ1n) is 6.86. The Kier molecular flexibility index (Phi) is 3.15. The molecule has 0 atom stereocenters. The van der Waals surface area contributed by atoms with Gasteiger partial charge in [0.15, 0.2) is 0 Å². The van der Waals surface area contributed by atoms with Crippen LogP contribution in [-0.4, -0.2) is 17.1 Å². The number of nitrogens with zero attached hydrogens (tertiary/aromatic N) is 1. The number of nitrogens with two attached hydrogens (primary N) is 1. The summed E-state index contributed by atoms with van der Waals surface area (Å²) in [4.78, 5) is 4.47. The van der Waals surface area contributed by atoms with Gasteiger partial charge in [0.1, 0.15) is 5.82 Å². The van der Waals surface area contributed by atoms with E-state index in [1.807, 2.05) is 26.0 Å². The third kappa shape index (κ3) is 2.36. The summed E-state index contributed by atoms with van der Waals surface area (Å²) in [7, 11) is 0. The molecule has 0 amide bonds. The maximum Gasteiger partial charge on any atom is 0.239 e. The third-order valence-electron chi connectivity index (χ3n) is 4.55. The van der Waals surface area contributed by atoms with Crippen molar-refractivity contribution in [2.45, 2.75) is 53.7 Å². The standard InChI is InChI=1S/C15H25N3O/c1-9(2)19-12-10(16)7-8-11(17-12)18-13-14(3,4)15(13,5)6/h7-9,13H,16H2,1-6H3,(H,17,18). The topological polar surface area (TPSA) is 60.2 Å². The SMILES string of the molecule is CC(C)Oc1nc(NC2C(C)(C)C2(C)C)ccc1N. The predicted molar refractivity (Wildman–Crippen MR) is 79.4 cm³/mol. The number of nitrogens with one attached hydrogen (secondary N) is 1. The summed E-state index contributed by atoms with van der Waals surface area (Å²) in [6.07, 6.45) is 0.0684. The van der Waals surface area contributed by atoms with Gasteiger partial charge in [-0.2, -0.15) is 4.98 Å². The summed E-state index contributed by atoms with van der Waals surface area (Å²) in [6.45, 7) is 13.0. The van der Waals surface area contributed by atoms with Crippen LogP contribution in [0, 0.1) is 10.8 Å². The van der Waals surface area contributed by atoms with Crippen LogP contribution in [0.15, 0.2) is 12.1 Å². The molecule has 1 heterocycles. The average molecular weight is 263 g/mol. The lowest BCUT2D eigenvalue weighted by Gasteiger charge is -2.13. The monoisotopic (exact) mass is 263 g/mol. The maximum absolute atomic E-state index is 5.88. The number of hydrogen-bond acceptors (Lipinski definition) is 4. The molecule has 1 aliphatic carbocycles. The molecule has 0 aliphatic heterocycles. The molecule has 19 heavy (non-hydrogen) atoms. The van der Waals surface area contributed by atoms with Crippen molar-refractivity contribution in [1.82, 2.24) is 4.98 Å². The number of pyridine rings is 1. The van der Waals surface area contributed by atoms with Crippen LogP contribution >= 0.6 is 0 Å². The first kappa shape index (κ1) is 14.0. The van der Waals surface area contributed by atoms with Gasteiger partial charge in [-0.25, -0.2) is 0 Å². The second-order valence-corrected chi connectivity index (χ2v) is 6.78. The Bertz CT molecular complexity index is 466. The van der Waals surface area contributed by atoms with E-state index in [1.165, 1.54) is 0 Å². The molecule has 0 saturated heterocycles. The lowest BCUT2D eigenvalue weighted by atomic mass is 10.0. The first-order chi connectivity index (χ1) is 8.66. The van der Waals surface area contributed by atoms with Crippen LogP contribution in [0.4, 0.5) is 11.5 Å². The molecular weight excluding hydrogens is 238 g/mol. The van der Waals surface area contributed by atoms with Crippen LogP contribution in [0.25, 0.3) is 0 Å². The zero-order chi connectivity index (χ0) is 14.4. The van der Waals surface area contributed by atoms with Crippen LogP contribution in [0.5, 0.6) is 5.88 Å². The number of ether oxygens (including phenoxy) is 1. The van der Waals surface area contributed by atoms with Crippen LogP contribution in [0.1, 0.15) is 41.5 Å².